The van der Waals surface area contributed by atoms with Crippen LogP contribution in [-0.4, -0.2) is 51.3 Å². The summed E-state index contributed by atoms with van der Waals surface area (Å²) in [6, 6.07) is 7.79. The van der Waals surface area contributed by atoms with Crippen LogP contribution >= 0.6 is 0 Å². The topological polar surface area (TPSA) is 67.9 Å². The van der Waals surface area contributed by atoms with Crippen molar-refractivity contribution in [2.24, 2.45) is 17.8 Å². The van der Waals surface area contributed by atoms with Crippen LogP contribution in [0.4, 0.5) is 4.79 Å². The van der Waals surface area contributed by atoms with Gasteiger partial charge in [0.25, 0.3) is 0 Å². The van der Waals surface area contributed by atoms with Gasteiger partial charge in [0.15, 0.2) is 0 Å². The first kappa shape index (κ1) is 26.0. The highest BCUT2D eigenvalue weighted by atomic mass is 16.6. The molecule has 170 valence electrons. The van der Waals surface area contributed by atoms with Gasteiger partial charge in [-0.1, -0.05) is 39.8 Å². The van der Waals surface area contributed by atoms with E-state index in [9.17, 15) is 9.59 Å². The largest absolute Gasteiger partial charge is 0.469 e. The van der Waals surface area contributed by atoms with Crippen LogP contribution in [0.1, 0.15) is 58.4 Å². The number of ether oxygens (including phenoxy) is 2. The molecular formula is C24H40N2O4. The summed E-state index contributed by atoms with van der Waals surface area (Å²) < 4.78 is 10.3. The molecule has 0 saturated heterocycles. The molecule has 0 spiro atoms. The number of carbonyl (C=O) groups excluding carboxylic acids is 2. The lowest BCUT2D eigenvalue weighted by molar-refractivity contribution is -0.141. The summed E-state index contributed by atoms with van der Waals surface area (Å²) >= 11 is 0. The van der Waals surface area contributed by atoms with Gasteiger partial charge in [0, 0.05) is 13.1 Å². The van der Waals surface area contributed by atoms with Crippen LogP contribution in [-0.2, 0) is 9.53 Å². The van der Waals surface area contributed by atoms with Crippen molar-refractivity contribution < 1.29 is 19.1 Å². The third-order valence-corrected chi connectivity index (χ3v) is 5.30. The van der Waals surface area contributed by atoms with Gasteiger partial charge in [0.05, 0.1) is 13.5 Å². The highest BCUT2D eigenvalue weighted by Crippen LogP contribution is 2.30. The third-order valence-electron chi connectivity index (χ3n) is 5.30. The smallest absolute Gasteiger partial charge is 0.412 e. The predicted molar refractivity (Wildman–Crippen MR) is 121 cm³/mol. The van der Waals surface area contributed by atoms with Crippen molar-refractivity contribution in [3.05, 3.63) is 29.8 Å². The van der Waals surface area contributed by atoms with Crippen LogP contribution in [0, 0.1) is 17.8 Å². The first-order valence-corrected chi connectivity index (χ1v) is 10.9. The number of rotatable bonds is 12. The highest BCUT2D eigenvalue weighted by molar-refractivity contribution is 5.71. The molecule has 1 rings (SSSR count). The van der Waals surface area contributed by atoms with E-state index in [1.807, 2.05) is 12.1 Å². The average molecular weight is 421 g/mol. The zero-order valence-electron chi connectivity index (χ0n) is 19.7. The Labute approximate surface area is 182 Å². The van der Waals surface area contributed by atoms with Crippen molar-refractivity contribution in [2.45, 2.75) is 52.9 Å². The Hall–Kier alpha value is -2.08. The lowest BCUT2D eigenvalue weighted by Gasteiger charge is -2.26. The third kappa shape index (κ3) is 9.61. The number of carbonyl (C=O) groups is 2. The molecule has 1 aromatic rings. The Morgan fingerprint density at radius 3 is 2.43 bits per heavy atom. The van der Waals surface area contributed by atoms with Crippen molar-refractivity contribution in [2.75, 3.05) is 34.3 Å². The van der Waals surface area contributed by atoms with E-state index in [0.717, 1.165) is 19.4 Å². The molecule has 0 bridgehead atoms. The molecule has 30 heavy (non-hydrogen) atoms. The molecule has 0 saturated carbocycles. The first-order valence-electron chi connectivity index (χ1n) is 10.9. The van der Waals surface area contributed by atoms with Crippen molar-refractivity contribution >= 4 is 12.1 Å². The van der Waals surface area contributed by atoms with Gasteiger partial charge in [-0.3, -0.25) is 4.79 Å². The fraction of sp³-hybridized carbons (Fsp3) is 0.667. The van der Waals surface area contributed by atoms with Gasteiger partial charge in [-0.25, -0.2) is 4.79 Å². The van der Waals surface area contributed by atoms with Gasteiger partial charge < -0.3 is 19.7 Å². The van der Waals surface area contributed by atoms with Gasteiger partial charge in [0.2, 0.25) is 0 Å². The highest BCUT2D eigenvalue weighted by Gasteiger charge is 2.20. The van der Waals surface area contributed by atoms with Gasteiger partial charge in [-0.15, -0.1) is 0 Å². The maximum absolute atomic E-state index is 12.3. The maximum Gasteiger partial charge on any atom is 0.412 e. The second-order valence-corrected chi connectivity index (χ2v) is 8.87. The summed E-state index contributed by atoms with van der Waals surface area (Å²) in [6.45, 7) is 10.0. The standard InChI is InChI=1S/C24H40N2O4/c1-8-22(18(4)16-26(5)6)20-10-9-11-21(14-20)30-24(28)25-15-19(12-17(2)3)13-23(27)29-7/h9-11,14,17-19,22H,8,12-13,15-16H2,1-7H3,(H,25,28)/t18-,19+,22-/m0/s1. The molecule has 0 heterocycles. The monoisotopic (exact) mass is 420 g/mol. The number of hydrogen-bond donors (Lipinski definition) is 1. The number of nitrogens with zero attached hydrogens (tertiary/aromatic N) is 1. The van der Waals surface area contributed by atoms with E-state index in [4.69, 9.17) is 9.47 Å². The number of methoxy groups -OCH3 is 1. The molecule has 0 aliphatic heterocycles. The molecule has 1 amide bonds. The number of benzene rings is 1. The Bertz CT molecular complexity index is 660. The minimum absolute atomic E-state index is 0.0210. The first-order chi connectivity index (χ1) is 14.2. The maximum atomic E-state index is 12.3. The Morgan fingerprint density at radius 2 is 1.87 bits per heavy atom. The molecule has 6 nitrogen and oxygen atoms in total. The number of nitrogens with one attached hydrogen (secondary N) is 1. The fourth-order valence-corrected chi connectivity index (χ4v) is 4.07. The quantitative estimate of drug-likeness (QED) is 0.497. The normalized spacial score (nSPS) is 14.3. The van der Waals surface area contributed by atoms with Gasteiger partial charge in [-0.05, 0) is 68.3 Å². The molecule has 1 N–H and O–H groups in total. The summed E-state index contributed by atoms with van der Waals surface area (Å²) in [5.41, 5.74) is 1.18. The Morgan fingerprint density at radius 1 is 1.17 bits per heavy atom. The number of esters is 1. The van der Waals surface area contributed by atoms with Gasteiger partial charge in [-0.2, -0.15) is 0 Å². The van der Waals surface area contributed by atoms with Gasteiger partial charge in [0.1, 0.15) is 5.75 Å². The molecule has 1 aromatic carbocycles. The molecular weight excluding hydrogens is 380 g/mol. The summed E-state index contributed by atoms with van der Waals surface area (Å²) in [4.78, 5) is 26.2. The number of amides is 1. The van der Waals surface area contributed by atoms with Crippen LogP contribution < -0.4 is 10.1 Å². The molecule has 6 heteroatoms. The number of hydrogen-bond acceptors (Lipinski definition) is 5. The van der Waals surface area contributed by atoms with E-state index in [2.05, 4.69) is 58.1 Å². The van der Waals surface area contributed by atoms with Crippen molar-refractivity contribution in [3.8, 4) is 5.75 Å². The Kier molecular flexibility index (Phi) is 11.5. The zero-order valence-corrected chi connectivity index (χ0v) is 19.7. The van der Waals surface area contributed by atoms with E-state index in [1.54, 1.807) is 6.07 Å². The second-order valence-electron chi connectivity index (χ2n) is 8.87. The van der Waals surface area contributed by atoms with Crippen LogP contribution in [0.25, 0.3) is 0 Å². The van der Waals surface area contributed by atoms with E-state index < -0.39 is 6.09 Å². The lowest BCUT2D eigenvalue weighted by atomic mass is 9.85. The molecule has 0 fully saturated rings. The predicted octanol–water partition coefficient (Wildman–Crippen LogP) is 4.69. The van der Waals surface area contributed by atoms with E-state index in [-0.39, 0.29) is 18.3 Å². The SMILES string of the molecule is CC[C@H](c1cccc(OC(=O)NC[C@@H](CC(=O)OC)CC(C)C)c1)[C@@H](C)CN(C)C. The second kappa shape index (κ2) is 13.3. The molecule has 3 atom stereocenters. The fourth-order valence-electron chi connectivity index (χ4n) is 4.07. The summed E-state index contributed by atoms with van der Waals surface area (Å²) in [5.74, 6) is 1.60. The average Bonchev–Trinajstić information content (AvgIpc) is 2.66. The molecule has 0 aromatic heterocycles. The minimum Gasteiger partial charge on any atom is -0.469 e. The van der Waals surface area contributed by atoms with Crippen molar-refractivity contribution in [1.82, 2.24) is 10.2 Å². The molecule has 0 unspecified atom stereocenters. The van der Waals surface area contributed by atoms with Crippen molar-refractivity contribution in [3.63, 3.8) is 0 Å². The lowest BCUT2D eigenvalue weighted by Crippen LogP contribution is -2.33. The van der Waals surface area contributed by atoms with E-state index in [0.29, 0.717) is 30.0 Å². The summed E-state index contributed by atoms with van der Waals surface area (Å²) in [6.07, 6.45) is 1.63. The van der Waals surface area contributed by atoms with Crippen LogP contribution in [0.5, 0.6) is 5.75 Å². The van der Waals surface area contributed by atoms with E-state index >= 15 is 0 Å². The zero-order chi connectivity index (χ0) is 22.7. The Balaban J connectivity index is 2.72. The van der Waals surface area contributed by atoms with Crippen LogP contribution in [0.3, 0.4) is 0 Å². The molecule has 0 aliphatic rings. The summed E-state index contributed by atoms with van der Waals surface area (Å²) in [5, 5.41) is 2.80. The van der Waals surface area contributed by atoms with Crippen LogP contribution in [0.15, 0.2) is 24.3 Å². The van der Waals surface area contributed by atoms with Crippen LogP contribution in [0.2, 0.25) is 0 Å². The molecule has 0 radical (unpaired) electrons. The minimum atomic E-state index is -0.500. The van der Waals surface area contributed by atoms with Crippen molar-refractivity contribution in [1.29, 1.82) is 0 Å². The molecule has 0 aliphatic carbocycles. The van der Waals surface area contributed by atoms with Gasteiger partial charge >= 0.3 is 12.1 Å². The van der Waals surface area contributed by atoms with E-state index in [1.165, 1.54) is 12.7 Å². The summed E-state index contributed by atoms with van der Waals surface area (Å²) in [7, 11) is 5.55.